The van der Waals surface area contributed by atoms with Crippen LogP contribution in [0.2, 0.25) is 0 Å². The Hall–Kier alpha value is -0.660. The average molecular weight is 130 g/mol. The number of hydrogen-bond donors (Lipinski definition) is 0. The minimum atomic E-state index is -0.557. The van der Waals surface area contributed by atoms with Crippen LogP contribution in [0.1, 0.15) is 13.8 Å². The van der Waals surface area contributed by atoms with Gasteiger partial charge < -0.3 is 0 Å². The predicted molar refractivity (Wildman–Crippen MR) is 35.0 cm³/mol. The van der Waals surface area contributed by atoms with Gasteiger partial charge in [0.1, 0.15) is 6.67 Å². The van der Waals surface area contributed by atoms with E-state index in [1.807, 2.05) is 0 Å². The molecule has 0 aliphatic heterocycles. The summed E-state index contributed by atoms with van der Waals surface area (Å²) < 4.78 is 11.4. The first-order valence-corrected chi connectivity index (χ1v) is 2.95. The van der Waals surface area contributed by atoms with Crippen molar-refractivity contribution in [3.8, 4) is 0 Å². The molecule has 2 heteroatoms. The summed E-state index contributed by atoms with van der Waals surface area (Å²) in [7, 11) is 0. The third-order valence-electron chi connectivity index (χ3n) is 0.940. The number of carbonyl (C=O) groups is 1. The van der Waals surface area contributed by atoms with Gasteiger partial charge in [0.05, 0.1) is 0 Å². The molecule has 0 aromatic rings. The molecule has 0 aromatic heterocycles. The molecule has 0 saturated heterocycles. The largest absolute Gasteiger partial charge is 0.295 e. The smallest absolute Gasteiger partial charge is 0.157 e. The maximum atomic E-state index is 11.4. The molecule has 0 spiro atoms. The Bertz CT molecular complexity index is 116. The van der Waals surface area contributed by atoms with Crippen LogP contribution in [0.25, 0.3) is 0 Å². The first-order chi connectivity index (χ1) is 4.18. The molecule has 1 nitrogen and oxygen atoms in total. The molecule has 0 amide bonds. The zero-order valence-electron chi connectivity index (χ0n) is 5.73. The first kappa shape index (κ1) is 8.34. The maximum Gasteiger partial charge on any atom is 0.157 e. The van der Waals surface area contributed by atoms with Crippen LogP contribution in [0, 0.1) is 5.92 Å². The highest BCUT2D eigenvalue weighted by Gasteiger charge is 1.99. The molecule has 0 N–H and O–H groups in total. The molecule has 0 aromatic carbocycles. The molecule has 0 heterocycles. The van der Waals surface area contributed by atoms with Gasteiger partial charge >= 0.3 is 0 Å². The second-order valence-electron chi connectivity index (χ2n) is 2.11. The topological polar surface area (TPSA) is 17.1 Å². The summed E-state index contributed by atoms with van der Waals surface area (Å²) in [6.45, 7) is 3.01. The third kappa shape index (κ3) is 3.88. The Labute approximate surface area is 54.6 Å². The van der Waals surface area contributed by atoms with Gasteiger partial charge in [0.15, 0.2) is 5.78 Å². The van der Waals surface area contributed by atoms with Crippen LogP contribution in [0.5, 0.6) is 0 Å². The van der Waals surface area contributed by atoms with Crippen molar-refractivity contribution < 1.29 is 9.18 Å². The first-order valence-electron chi connectivity index (χ1n) is 2.95. The fourth-order valence-electron chi connectivity index (χ4n) is 0.353. The number of allylic oxidation sites excluding steroid dienone is 2. The van der Waals surface area contributed by atoms with Crippen molar-refractivity contribution in [1.82, 2.24) is 0 Å². The third-order valence-corrected chi connectivity index (χ3v) is 0.940. The van der Waals surface area contributed by atoms with Crippen molar-refractivity contribution in [2.75, 3.05) is 6.67 Å². The summed E-state index contributed by atoms with van der Waals surface area (Å²) in [6.07, 6.45) is 2.51. The number of alkyl halides is 1. The van der Waals surface area contributed by atoms with Crippen LogP contribution in [0.4, 0.5) is 4.39 Å². The molecule has 0 bridgehead atoms. The standard InChI is InChI=1S/C7H11FO/c1-6(2)7(9)4-3-5-8/h3-4,6H,5H2,1-2H3/b4-3+. The number of carbonyl (C=O) groups excluding carboxylic acids is 1. The molecule has 52 valence electrons. The van der Waals surface area contributed by atoms with Crippen molar-refractivity contribution in [1.29, 1.82) is 0 Å². The molecule has 9 heavy (non-hydrogen) atoms. The van der Waals surface area contributed by atoms with Crippen molar-refractivity contribution in [2.24, 2.45) is 5.92 Å². The van der Waals surface area contributed by atoms with E-state index in [0.29, 0.717) is 0 Å². The van der Waals surface area contributed by atoms with E-state index in [4.69, 9.17) is 0 Å². The highest BCUT2D eigenvalue weighted by Crippen LogP contribution is 1.94. The van der Waals surface area contributed by atoms with Crippen molar-refractivity contribution in [3.63, 3.8) is 0 Å². The van der Waals surface area contributed by atoms with E-state index in [0.717, 1.165) is 0 Å². The van der Waals surface area contributed by atoms with E-state index in [2.05, 4.69) is 0 Å². The Morgan fingerprint density at radius 2 is 2.22 bits per heavy atom. The Morgan fingerprint density at radius 1 is 1.67 bits per heavy atom. The summed E-state index contributed by atoms with van der Waals surface area (Å²) >= 11 is 0. The summed E-state index contributed by atoms with van der Waals surface area (Å²) in [4.78, 5) is 10.6. The van der Waals surface area contributed by atoms with Gasteiger partial charge in [0.2, 0.25) is 0 Å². The number of halogens is 1. The second-order valence-corrected chi connectivity index (χ2v) is 2.11. The second kappa shape index (κ2) is 4.24. The maximum absolute atomic E-state index is 11.4. The van der Waals surface area contributed by atoms with Crippen LogP contribution in [0.15, 0.2) is 12.2 Å². The van der Waals surface area contributed by atoms with E-state index >= 15 is 0 Å². The highest BCUT2D eigenvalue weighted by molar-refractivity contribution is 5.91. The van der Waals surface area contributed by atoms with Gasteiger partial charge in [0.25, 0.3) is 0 Å². The quantitative estimate of drug-likeness (QED) is 0.532. The van der Waals surface area contributed by atoms with Gasteiger partial charge in [-0.25, -0.2) is 4.39 Å². The lowest BCUT2D eigenvalue weighted by atomic mass is 10.1. The van der Waals surface area contributed by atoms with Crippen LogP contribution in [-0.4, -0.2) is 12.5 Å². The van der Waals surface area contributed by atoms with Gasteiger partial charge in [-0.05, 0) is 6.08 Å². The summed E-state index contributed by atoms with van der Waals surface area (Å²) in [5.74, 6) is -0.0412. The summed E-state index contributed by atoms with van der Waals surface area (Å²) in [6, 6.07) is 0. The molecule has 0 aliphatic carbocycles. The fraction of sp³-hybridized carbons (Fsp3) is 0.571. The number of rotatable bonds is 3. The Balaban J connectivity index is 3.63. The summed E-state index contributed by atoms with van der Waals surface area (Å²) in [5, 5.41) is 0. The van der Waals surface area contributed by atoms with Crippen LogP contribution in [-0.2, 0) is 4.79 Å². The van der Waals surface area contributed by atoms with Gasteiger partial charge in [-0.2, -0.15) is 0 Å². The average Bonchev–Trinajstić information content (AvgIpc) is 1.82. The molecule has 0 atom stereocenters. The molecule has 0 radical (unpaired) electrons. The minimum Gasteiger partial charge on any atom is -0.295 e. The van der Waals surface area contributed by atoms with E-state index in [9.17, 15) is 9.18 Å². The summed E-state index contributed by atoms with van der Waals surface area (Å²) in [5.41, 5.74) is 0. The highest BCUT2D eigenvalue weighted by atomic mass is 19.1. The SMILES string of the molecule is CC(C)C(=O)/C=C/CF. The lowest BCUT2D eigenvalue weighted by Gasteiger charge is -1.94. The van der Waals surface area contributed by atoms with Gasteiger partial charge in [-0.15, -0.1) is 0 Å². The van der Waals surface area contributed by atoms with Crippen molar-refractivity contribution in [2.45, 2.75) is 13.8 Å². The molecular weight excluding hydrogens is 119 g/mol. The van der Waals surface area contributed by atoms with Crippen LogP contribution >= 0.6 is 0 Å². The monoisotopic (exact) mass is 130 g/mol. The Morgan fingerprint density at radius 3 is 2.56 bits per heavy atom. The molecule has 0 aliphatic rings. The van der Waals surface area contributed by atoms with Crippen LogP contribution in [0.3, 0.4) is 0 Å². The van der Waals surface area contributed by atoms with E-state index in [1.54, 1.807) is 13.8 Å². The predicted octanol–water partition coefficient (Wildman–Crippen LogP) is 1.74. The Kier molecular flexibility index (Phi) is 3.93. The fourth-order valence-corrected chi connectivity index (χ4v) is 0.353. The number of hydrogen-bond acceptors (Lipinski definition) is 1. The van der Waals surface area contributed by atoms with Crippen molar-refractivity contribution >= 4 is 5.78 Å². The molecular formula is C7H11FO. The molecule has 0 rings (SSSR count). The lowest BCUT2D eigenvalue weighted by molar-refractivity contribution is -0.117. The molecule has 0 fully saturated rings. The minimum absolute atomic E-state index is 0.0206. The normalized spacial score (nSPS) is 11.1. The molecule has 0 saturated carbocycles. The number of ketones is 1. The van der Waals surface area contributed by atoms with Gasteiger partial charge in [-0.3, -0.25) is 4.79 Å². The van der Waals surface area contributed by atoms with Crippen molar-refractivity contribution in [3.05, 3.63) is 12.2 Å². The zero-order valence-corrected chi connectivity index (χ0v) is 5.73. The lowest BCUT2D eigenvalue weighted by Crippen LogP contribution is -2.01. The van der Waals surface area contributed by atoms with E-state index in [1.165, 1.54) is 12.2 Å². The van der Waals surface area contributed by atoms with Gasteiger partial charge in [-0.1, -0.05) is 19.9 Å². The molecule has 0 unspecified atom stereocenters. The van der Waals surface area contributed by atoms with E-state index < -0.39 is 6.67 Å². The van der Waals surface area contributed by atoms with E-state index in [-0.39, 0.29) is 11.7 Å². The van der Waals surface area contributed by atoms with Gasteiger partial charge in [0, 0.05) is 5.92 Å². The van der Waals surface area contributed by atoms with Crippen LogP contribution < -0.4 is 0 Å². The zero-order chi connectivity index (χ0) is 7.28.